The van der Waals surface area contributed by atoms with Gasteiger partial charge in [-0.2, -0.15) is 0 Å². The highest BCUT2D eigenvalue weighted by Crippen LogP contribution is 2.34. The molecule has 0 aliphatic carbocycles. The molecule has 37 heavy (non-hydrogen) atoms. The summed E-state index contributed by atoms with van der Waals surface area (Å²) >= 11 is 0. The zero-order valence-corrected chi connectivity index (χ0v) is 22.5. The monoisotopic (exact) mass is 533 g/mol. The predicted molar refractivity (Wildman–Crippen MR) is 141 cm³/mol. The first-order valence-corrected chi connectivity index (χ1v) is 14.0. The van der Waals surface area contributed by atoms with Gasteiger partial charge in [0.1, 0.15) is 25.0 Å². The molecule has 202 valence electrons. The molecule has 1 N–H and O–H groups in total. The van der Waals surface area contributed by atoms with Crippen LogP contribution in [-0.2, 0) is 26.2 Å². The zero-order chi connectivity index (χ0) is 27.0. The molecule has 0 spiro atoms. The second-order valence-electron chi connectivity index (χ2n) is 8.67. The zero-order valence-electron chi connectivity index (χ0n) is 21.7. The fourth-order valence-electron chi connectivity index (χ4n) is 4.20. The summed E-state index contributed by atoms with van der Waals surface area (Å²) in [5.41, 5.74) is 1.29. The van der Waals surface area contributed by atoms with Gasteiger partial charge < -0.3 is 24.4 Å². The first kappa shape index (κ1) is 28.1. The van der Waals surface area contributed by atoms with Crippen LogP contribution < -0.4 is 23.8 Å². The molecule has 1 heterocycles. The van der Waals surface area contributed by atoms with Gasteiger partial charge in [0.15, 0.2) is 11.5 Å². The van der Waals surface area contributed by atoms with E-state index in [1.54, 1.807) is 49.4 Å². The standard InChI is InChI=1S/C26H35N3O7S/c1-5-22(26(31)27-2)28(18-19-8-11-21(34-3)12-9-19)25(30)7-6-14-29(37(4,32)33)20-10-13-23-24(17-20)36-16-15-35-23/h8-13,17,22H,5-7,14-16,18H2,1-4H3,(H,27,31). The Hall–Kier alpha value is -3.47. The fraction of sp³-hybridized carbons (Fsp3) is 0.462. The molecule has 1 aliphatic heterocycles. The molecule has 2 aromatic rings. The van der Waals surface area contributed by atoms with E-state index in [2.05, 4.69) is 5.32 Å². The third-order valence-corrected chi connectivity index (χ3v) is 7.30. The number of anilines is 1. The molecule has 0 bridgehead atoms. The summed E-state index contributed by atoms with van der Waals surface area (Å²) in [6.45, 7) is 3.01. The molecule has 2 amide bonds. The van der Waals surface area contributed by atoms with Crippen LogP contribution in [0.3, 0.4) is 0 Å². The van der Waals surface area contributed by atoms with Gasteiger partial charge in [0.05, 0.1) is 19.1 Å². The molecule has 0 radical (unpaired) electrons. The minimum absolute atomic E-state index is 0.0697. The van der Waals surface area contributed by atoms with E-state index < -0.39 is 16.1 Å². The first-order valence-electron chi connectivity index (χ1n) is 12.2. The van der Waals surface area contributed by atoms with Gasteiger partial charge in [-0.1, -0.05) is 19.1 Å². The number of fused-ring (bicyclic) bond motifs is 1. The largest absolute Gasteiger partial charge is 0.497 e. The SMILES string of the molecule is CCC(C(=O)NC)N(Cc1ccc(OC)cc1)C(=O)CCCN(c1ccc2c(c1)OCCO2)S(C)(=O)=O. The number of nitrogens with one attached hydrogen (secondary N) is 1. The van der Waals surface area contributed by atoms with Gasteiger partial charge in [0.2, 0.25) is 21.8 Å². The van der Waals surface area contributed by atoms with Gasteiger partial charge in [-0.15, -0.1) is 0 Å². The molecule has 1 aliphatic rings. The van der Waals surface area contributed by atoms with E-state index in [1.165, 1.54) is 4.31 Å². The Morgan fingerprint density at radius 1 is 1.08 bits per heavy atom. The molecule has 11 heteroatoms. The summed E-state index contributed by atoms with van der Waals surface area (Å²) in [6.07, 6.45) is 1.90. The van der Waals surface area contributed by atoms with Crippen LogP contribution in [0, 0.1) is 0 Å². The fourth-order valence-corrected chi connectivity index (χ4v) is 5.16. The van der Waals surface area contributed by atoms with Crippen molar-refractivity contribution in [3.8, 4) is 17.2 Å². The van der Waals surface area contributed by atoms with Crippen molar-refractivity contribution in [2.75, 3.05) is 44.5 Å². The lowest BCUT2D eigenvalue weighted by Crippen LogP contribution is -2.48. The maximum absolute atomic E-state index is 13.4. The number of likely N-dealkylation sites (N-methyl/N-ethyl adjacent to an activating group) is 1. The maximum atomic E-state index is 13.4. The first-order chi connectivity index (χ1) is 17.7. The van der Waals surface area contributed by atoms with Crippen LogP contribution in [-0.4, -0.2) is 71.3 Å². The number of amides is 2. The van der Waals surface area contributed by atoms with E-state index in [0.29, 0.717) is 42.6 Å². The van der Waals surface area contributed by atoms with Crippen molar-refractivity contribution < 1.29 is 32.2 Å². The highest BCUT2D eigenvalue weighted by Gasteiger charge is 2.28. The number of sulfonamides is 1. The van der Waals surface area contributed by atoms with Crippen molar-refractivity contribution in [2.45, 2.75) is 38.8 Å². The third-order valence-electron chi connectivity index (χ3n) is 6.11. The molecule has 10 nitrogen and oxygen atoms in total. The lowest BCUT2D eigenvalue weighted by atomic mass is 10.1. The van der Waals surface area contributed by atoms with Crippen LogP contribution in [0.4, 0.5) is 5.69 Å². The van der Waals surface area contributed by atoms with Crippen LogP contribution in [0.15, 0.2) is 42.5 Å². The van der Waals surface area contributed by atoms with Crippen LogP contribution in [0.1, 0.15) is 31.7 Å². The number of nitrogens with zero attached hydrogens (tertiary/aromatic N) is 2. The van der Waals surface area contributed by atoms with E-state index in [9.17, 15) is 18.0 Å². The van der Waals surface area contributed by atoms with Crippen molar-refractivity contribution >= 4 is 27.5 Å². The molecule has 0 saturated carbocycles. The summed E-state index contributed by atoms with van der Waals surface area (Å²) in [6, 6.07) is 11.6. The molecule has 2 aromatic carbocycles. The molecule has 0 saturated heterocycles. The van der Waals surface area contributed by atoms with Crippen LogP contribution >= 0.6 is 0 Å². The highest BCUT2D eigenvalue weighted by atomic mass is 32.2. The second-order valence-corrected chi connectivity index (χ2v) is 10.6. The number of rotatable bonds is 12. The maximum Gasteiger partial charge on any atom is 0.242 e. The average molecular weight is 534 g/mol. The molecule has 3 rings (SSSR count). The van der Waals surface area contributed by atoms with E-state index in [4.69, 9.17) is 14.2 Å². The Labute approximate surface area is 218 Å². The topological polar surface area (TPSA) is 114 Å². The molecule has 1 atom stereocenters. The predicted octanol–water partition coefficient (Wildman–Crippen LogP) is 2.57. The molecular weight excluding hydrogens is 498 g/mol. The third kappa shape index (κ3) is 7.28. The Bertz CT molecular complexity index is 1190. The summed E-state index contributed by atoms with van der Waals surface area (Å²) < 4.78 is 42.7. The van der Waals surface area contributed by atoms with E-state index in [1.807, 2.05) is 19.1 Å². The van der Waals surface area contributed by atoms with E-state index in [-0.39, 0.29) is 37.7 Å². The number of methoxy groups -OCH3 is 1. The number of hydrogen-bond donors (Lipinski definition) is 1. The van der Waals surface area contributed by atoms with Gasteiger partial charge in [-0.05, 0) is 42.7 Å². The summed E-state index contributed by atoms with van der Waals surface area (Å²) in [5, 5.41) is 2.63. The van der Waals surface area contributed by atoms with Crippen molar-refractivity contribution in [1.82, 2.24) is 10.2 Å². The number of carbonyl (C=O) groups excluding carboxylic acids is 2. The lowest BCUT2D eigenvalue weighted by molar-refractivity contribution is -0.141. The Morgan fingerprint density at radius 2 is 1.76 bits per heavy atom. The number of benzene rings is 2. The van der Waals surface area contributed by atoms with Crippen molar-refractivity contribution in [3.63, 3.8) is 0 Å². The highest BCUT2D eigenvalue weighted by molar-refractivity contribution is 7.92. The average Bonchev–Trinajstić information content (AvgIpc) is 2.90. The smallest absolute Gasteiger partial charge is 0.242 e. The van der Waals surface area contributed by atoms with Gasteiger partial charge >= 0.3 is 0 Å². The van der Waals surface area contributed by atoms with Crippen molar-refractivity contribution in [3.05, 3.63) is 48.0 Å². The van der Waals surface area contributed by atoms with E-state index in [0.717, 1.165) is 11.8 Å². The normalized spacial score (nSPS) is 13.4. The molecule has 1 unspecified atom stereocenters. The lowest BCUT2D eigenvalue weighted by Gasteiger charge is -2.31. The van der Waals surface area contributed by atoms with Crippen molar-refractivity contribution in [1.29, 1.82) is 0 Å². The van der Waals surface area contributed by atoms with E-state index >= 15 is 0 Å². The summed E-state index contributed by atoms with van der Waals surface area (Å²) in [7, 11) is -0.502. The van der Waals surface area contributed by atoms with Crippen LogP contribution in [0.2, 0.25) is 0 Å². The molecule has 0 fully saturated rings. The van der Waals surface area contributed by atoms with Gasteiger partial charge in [0.25, 0.3) is 0 Å². The van der Waals surface area contributed by atoms with Crippen LogP contribution in [0.25, 0.3) is 0 Å². The van der Waals surface area contributed by atoms with Gasteiger partial charge in [-0.25, -0.2) is 8.42 Å². The van der Waals surface area contributed by atoms with Crippen molar-refractivity contribution in [2.24, 2.45) is 0 Å². The van der Waals surface area contributed by atoms with Gasteiger partial charge in [-0.3, -0.25) is 13.9 Å². The molecule has 0 aromatic heterocycles. The summed E-state index contributed by atoms with van der Waals surface area (Å²) in [4.78, 5) is 27.5. The minimum Gasteiger partial charge on any atom is -0.497 e. The quantitative estimate of drug-likeness (QED) is 0.446. The number of carbonyl (C=O) groups is 2. The number of hydrogen-bond acceptors (Lipinski definition) is 7. The Morgan fingerprint density at radius 3 is 2.35 bits per heavy atom. The summed E-state index contributed by atoms with van der Waals surface area (Å²) in [5.74, 6) is 1.25. The number of ether oxygens (including phenoxy) is 3. The minimum atomic E-state index is -3.62. The second kappa shape index (κ2) is 12.7. The van der Waals surface area contributed by atoms with Crippen LogP contribution in [0.5, 0.6) is 17.2 Å². The molecular formula is C26H35N3O7S. The Balaban J connectivity index is 1.75. The van der Waals surface area contributed by atoms with Gasteiger partial charge in [0, 0.05) is 32.6 Å². The Kier molecular flexibility index (Phi) is 9.62.